The fourth-order valence-electron chi connectivity index (χ4n) is 2.77. The first kappa shape index (κ1) is 20.1. The molecule has 150 valence electrons. The summed E-state index contributed by atoms with van der Waals surface area (Å²) in [6.45, 7) is 4.51. The monoisotopic (exact) mass is 394 g/mol. The Labute approximate surface area is 168 Å². The number of rotatable bonds is 7. The topological polar surface area (TPSA) is 99.3 Å². The smallest absolute Gasteiger partial charge is 0.271 e. The maximum absolute atomic E-state index is 12.8. The van der Waals surface area contributed by atoms with Gasteiger partial charge < -0.3 is 10.1 Å². The summed E-state index contributed by atoms with van der Waals surface area (Å²) >= 11 is 0. The van der Waals surface area contributed by atoms with Gasteiger partial charge in [0, 0.05) is 24.2 Å². The first-order chi connectivity index (χ1) is 13.9. The fraction of sp³-hybridized carbons (Fsp3) is 0.238. The molecule has 0 aliphatic rings. The van der Waals surface area contributed by atoms with Gasteiger partial charge in [-0.25, -0.2) is 4.68 Å². The lowest BCUT2D eigenvalue weighted by molar-refractivity contribution is -0.384. The van der Waals surface area contributed by atoms with Crippen molar-refractivity contribution in [3.63, 3.8) is 0 Å². The van der Waals surface area contributed by atoms with Crippen LogP contribution >= 0.6 is 0 Å². The van der Waals surface area contributed by atoms with Crippen LogP contribution in [0.15, 0.2) is 54.6 Å². The number of nitro groups is 1. The number of non-ortho nitro benzene ring substituents is 1. The molecule has 29 heavy (non-hydrogen) atoms. The molecular weight excluding hydrogens is 372 g/mol. The number of benzene rings is 2. The van der Waals surface area contributed by atoms with E-state index in [0.717, 1.165) is 5.56 Å². The van der Waals surface area contributed by atoms with Gasteiger partial charge in [0.05, 0.1) is 23.4 Å². The number of nitro benzene ring substituents is 1. The minimum Gasteiger partial charge on any atom is -0.497 e. The third-order valence-corrected chi connectivity index (χ3v) is 4.28. The Morgan fingerprint density at radius 1 is 1.21 bits per heavy atom. The molecule has 0 fully saturated rings. The lowest BCUT2D eigenvalue weighted by Crippen LogP contribution is -2.29. The number of aromatic nitrogens is 2. The van der Waals surface area contributed by atoms with Crippen LogP contribution in [-0.4, -0.2) is 34.3 Å². The number of carbonyl (C=O) groups excluding carboxylic acids is 1. The molecule has 8 nitrogen and oxygen atoms in total. The summed E-state index contributed by atoms with van der Waals surface area (Å²) in [7, 11) is 1.59. The molecule has 3 aromatic rings. The van der Waals surface area contributed by atoms with Crippen molar-refractivity contribution in [1.29, 1.82) is 0 Å². The van der Waals surface area contributed by atoms with E-state index in [-0.39, 0.29) is 17.5 Å². The summed E-state index contributed by atoms with van der Waals surface area (Å²) in [5, 5.41) is 18.6. The number of methoxy groups -OCH3 is 1. The molecule has 0 saturated carbocycles. The van der Waals surface area contributed by atoms with Crippen LogP contribution in [0.3, 0.4) is 0 Å². The first-order valence-electron chi connectivity index (χ1n) is 9.16. The van der Waals surface area contributed by atoms with Crippen LogP contribution in [-0.2, 0) is 0 Å². The van der Waals surface area contributed by atoms with Crippen LogP contribution in [0.2, 0.25) is 0 Å². The summed E-state index contributed by atoms with van der Waals surface area (Å²) in [6, 6.07) is 15.0. The van der Waals surface area contributed by atoms with Crippen molar-refractivity contribution < 1.29 is 14.5 Å². The first-order valence-corrected chi connectivity index (χ1v) is 9.16. The van der Waals surface area contributed by atoms with Gasteiger partial charge in [-0.2, -0.15) is 5.10 Å². The molecule has 0 saturated heterocycles. The highest BCUT2D eigenvalue weighted by Gasteiger charge is 2.19. The zero-order chi connectivity index (χ0) is 21.0. The standard InChI is InChI=1S/C21H22N4O4/c1-14(2)13-22-21(26)20-12-19(15-7-9-18(29-3)10-8-15)23-24(20)16-5-4-6-17(11-16)25(27)28/h4-12,14H,13H2,1-3H3,(H,22,26). The molecule has 2 aromatic carbocycles. The van der Waals surface area contributed by atoms with Gasteiger partial charge in [0.1, 0.15) is 11.4 Å². The van der Waals surface area contributed by atoms with Gasteiger partial charge in [-0.05, 0) is 42.3 Å². The van der Waals surface area contributed by atoms with Gasteiger partial charge in [-0.15, -0.1) is 0 Å². The van der Waals surface area contributed by atoms with E-state index in [4.69, 9.17) is 4.74 Å². The molecule has 1 N–H and O–H groups in total. The third kappa shape index (κ3) is 4.60. The van der Waals surface area contributed by atoms with Crippen molar-refractivity contribution >= 4 is 11.6 Å². The summed E-state index contributed by atoms with van der Waals surface area (Å²) < 4.78 is 6.61. The highest BCUT2D eigenvalue weighted by atomic mass is 16.6. The summed E-state index contributed by atoms with van der Waals surface area (Å²) in [5.74, 6) is 0.702. The van der Waals surface area contributed by atoms with Gasteiger partial charge in [0.25, 0.3) is 11.6 Å². The largest absolute Gasteiger partial charge is 0.497 e. The average Bonchev–Trinajstić information content (AvgIpc) is 3.17. The molecule has 3 rings (SSSR count). The van der Waals surface area contributed by atoms with Gasteiger partial charge in [0.2, 0.25) is 0 Å². The van der Waals surface area contributed by atoms with E-state index in [1.807, 2.05) is 26.0 Å². The van der Waals surface area contributed by atoms with E-state index >= 15 is 0 Å². The highest BCUT2D eigenvalue weighted by molar-refractivity contribution is 5.94. The predicted octanol–water partition coefficient (Wildman–Crippen LogP) is 3.84. The Morgan fingerprint density at radius 2 is 1.93 bits per heavy atom. The number of carbonyl (C=O) groups is 1. The van der Waals surface area contributed by atoms with Crippen LogP contribution in [0.5, 0.6) is 5.75 Å². The maximum Gasteiger partial charge on any atom is 0.271 e. The van der Waals surface area contributed by atoms with Crippen LogP contribution in [0.1, 0.15) is 24.3 Å². The lowest BCUT2D eigenvalue weighted by Gasteiger charge is -2.09. The van der Waals surface area contributed by atoms with E-state index in [2.05, 4.69) is 10.4 Å². The molecule has 8 heteroatoms. The molecular formula is C21H22N4O4. The highest BCUT2D eigenvalue weighted by Crippen LogP contribution is 2.25. The van der Waals surface area contributed by atoms with Crippen LogP contribution in [0.25, 0.3) is 16.9 Å². The SMILES string of the molecule is COc1ccc(-c2cc(C(=O)NCC(C)C)n(-c3cccc([N+](=O)[O-])c3)n2)cc1. The maximum atomic E-state index is 12.8. The summed E-state index contributed by atoms with van der Waals surface area (Å²) in [4.78, 5) is 23.5. The third-order valence-electron chi connectivity index (χ3n) is 4.28. The normalized spacial score (nSPS) is 10.8. The second kappa shape index (κ2) is 8.55. The van der Waals surface area contributed by atoms with Crippen LogP contribution < -0.4 is 10.1 Å². The minimum absolute atomic E-state index is 0.0717. The number of hydrogen-bond donors (Lipinski definition) is 1. The molecule has 0 aliphatic heterocycles. The van der Waals surface area contributed by atoms with E-state index in [1.54, 1.807) is 37.4 Å². The molecule has 1 heterocycles. The number of amides is 1. The molecule has 0 unspecified atom stereocenters. The van der Waals surface area contributed by atoms with Crippen LogP contribution in [0, 0.1) is 16.0 Å². The number of ether oxygens (including phenoxy) is 1. The molecule has 1 aromatic heterocycles. The van der Waals surface area contributed by atoms with Crippen LogP contribution in [0.4, 0.5) is 5.69 Å². The van der Waals surface area contributed by atoms with Crippen molar-refractivity contribution in [2.45, 2.75) is 13.8 Å². The van der Waals surface area contributed by atoms with Crippen molar-refractivity contribution in [2.24, 2.45) is 5.92 Å². The number of nitrogens with one attached hydrogen (secondary N) is 1. The summed E-state index contributed by atoms with van der Waals surface area (Å²) in [5.41, 5.74) is 2.05. The Balaban J connectivity index is 2.06. The number of hydrogen-bond acceptors (Lipinski definition) is 5. The van der Waals surface area contributed by atoms with Gasteiger partial charge in [-0.1, -0.05) is 19.9 Å². The molecule has 0 bridgehead atoms. The Bertz CT molecular complexity index is 1030. The van der Waals surface area contributed by atoms with E-state index in [1.165, 1.54) is 16.8 Å². The molecule has 0 radical (unpaired) electrons. The zero-order valence-electron chi connectivity index (χ0n) is 16.5. The van der Waals surface area contributed by atoms with E-state index in [9.17, 15) is 14.9 Å². The molecule has 0 atom stereocenters. The van der Waals surface area contributed by atoms with Crippen molar-refractivity contribution in [1.82, 2.24) is 15.1 Å². The Hall–Kier alpha value is -3.68. The second-order valence-corrected chi connectivity index (χ2v) is 6.94. The average molecular weight is 394 g/mol. The molecule has 0 aliphatic carbocycles. The van der Waals surface area contributed by atoms with E-state index in [0.29, 0.717) is 29.4 Å². The quantitative estimate of drug-likeness (QED) is 0.485. The lowest BCUT2D eigenvalue weighted by atomic mass is 10.1. The molecule has 0 spiro atoms. The second-order valence-electron chi connectivity index (χ2n) is 6.94. The van der Waals surface area contributed by atoms with Crippen molar-refractivity contribution in [3.8, 4) is 22.7 Å². The number of nitrogens with zero attached hydrogens (tertiary/aromatic N) is 3. The van der Waals surface area contributed by atoms with E-state index < -0.39 is 4.92 Å². The Morgan fingerprint density at radius 3 is 2.55 bits per heavy atom. The fourth-order valence-corrected chi connectivity index (χ4v) is 2.77. The Kier molecular flexibility index (Phi) is 5.92. The molecule has 1 amide bonds. The van der Waals surface area contributed by atoms with Gasteiger partial charge >= 0.3 is 0 Å². The van der Waals surface area contributed by atoms with Crippen molar-refractivity contribution in [2.75, 3.05) is 13.7 Å². The zero-order valence-corrected chi connectivity index (χ0v) is 16.5. The summed E-state index contributed by atoms with van der Waals surface area (Å²) in [6.07, 6.45) is 0. The van der Waals surface area contributed by atoms with Crippen molar-refractivity contribution in [3.05, 3.63) is 70.4 Å². The van der Waals surface area contributed by atoms with Gasteiger partial charge in [-0.3, -0.25) is 14.9 Å². The minimum atomic E-state index is -0.476. The van der Waals surface area contributed by atoms with Gasteiger partial charge in [0.15, 0.2) is 0 Å². The predicted molar refractivity (Wildman–Crippen MR) is 109 cm³/mol.